The molecule has 3 rings (SSSR count). The molecule has 1 N–H and O–H groups in total. The molecule has 2 heterocycles. The highest BCUT2D eigenvalue weighted by Gasteiger charge is 2.06. The van der Waals surface area contributed by atoms with E-state index in [1.54, 1.807) is 17.5 Å². The van der Waals surface area contributed by atoms with Gasteiger partial charge in [0.1, 0.15) is 5.01 Å². The van der Waals surface area contributed by atoms with E-state index >= 15 is 0 Å². The van der Waals surface area contributed by atoms with Gasteiger partial charge in [-0.25, -0.2) is 9.97 Å². The van der Waals surface area contributed by atoms with Crippen LogP contribution in [-0.2, 0) is 0 Å². The molecule has 0 aliphatic rings. The summed E-state index contributed by atoms with van der Waals surface area (Å²) in [5.74, 6) is 0. The molecule has 0 atom stereocenters. The van der Waals surface area contributed by atoms with Crippen molar-refractivity contribution in [2.24, 2.45) is 0 Å². The van der Waals surface area contributed by atoms with Gasteiger partial charge in [0.15, 0.2) is 5.65 Å². The SMILES string of the molecule is CNc1ccc(-c2nc3ncccc3s2)cc1. The third kappa shape index (κ3) is 1.87. The van der Waals surface area contributed by atoms with Crippen molar-refractivity contribution in [3.63, 3.8) is 0 Å². The molecule has 0 spiro atoms. The van der Waals surface area contributed by atoms with Crippen LogP contribution in [-0.4, -0.2) is 17.0 Å². The van der Waals surface area contributed by atoms with Gasteiger partial charge in [0, 0.05) is 24.5 Å². The second-order valence-electron chi connectivity index (χ2n) is 3.67. The van der Waals surface area contributed by atoms with Crippen molar-refractivity contribution >= 4 is 27.4 Å². The van der Waals surface area contributed by atoms with Crippen LogP contribution in [0.5, 0.6) is 0 Å². The highest BCUT2D eigenvalue weighted by molar-refractivity contribution is 7.21. The molecule has 0 fully saturated rings. The number of benzene rings is 1. The number of fused-ring (bicyclic) bond motifs is 1. The molecule has 4 heteroatoms. The van der Waals surface area contributed by atoms with Gasteiger partial charge < -0.3 is 5.32 Å². The van der Waals surface area contributed by atoms with Gasteiger partial charge in [0.05, 0.1) is 4.70 Å². The van der Waals surface area contributed by atoms with E-state index in [1.165, 1.54) is 0 Å². The molecule has 0 aliphatic heterocycles. The van der Waals surface area contributed by atoms with Crippen LogP contribution in [0, 0.1) is 0 Å². The highest BCUT2D eigenvalue weighted by Crippen LogP contribution is 2.29. The quantitative estimate of drug-likeness (QED) is 0.747. The van der Waals surface area contributed by atoms with Crippen LogP contribution in [0.15, 0.2) is 42.6 Å². The van der Waals surface area contributed by atoms with Crippen LogP contribution in [0.2, 0.25) is 0 Å². The fraction of sp³-hybridized carbons (Fsp3) is 0.0769. The van der Waals surface area contributed by atoms with Crippen molar-refractivity contribution in [3.05, 3.63) is 42.6 Å². The first kappa shape index (κ1) is 10.2. The van der Waals surface area contributed by atoms with Crippen molar-refractivity contribution in [3.8, 4) is 10.6 Å². The minimum Gasteiger partial charge on any atom is -0.388 e. The Kier molecular flexibility index (Phi) is 2.49. The van der Waals surface area contributed by atoms with Crippen LogP contribution >= 0.6 is 11.3 Å². The molecular weight excluding hydrogens is 230 g/mol. The molecule has 0 saturated carbocycles. The topological polar surface area (TPSA) is 37.8 Å². The first-order valence-corrected chi connectivity index (χ1v) is 6.18. The fourth-order valence-electron chi connectivity index (χ4n) is 1.67. The van der Waals surface area contributed by atoms with E-state index in [0.29, 0.717) is 0 Å². The Labute approximate surface area is 103 Å². The zero-order valence-corrected chi connectivity index (χ0v) is 10.2. The maximum absolute atomic E-state index is 4.53. The van der Waals surface area contributed by atoms with E-state index in [9.17, 15) is 0 Å². The minimum atomic E-state index is 0.824. The minimum absolute atomic E-state index is 0.824. The Morgan fingerprint density at radius 1 is 1.12 bits per heavy atom. The van der Waals surface area contributed by atoms with Gasteiger partial charge in [-0.1, -0.05) is 0 Å². The summed E-state index contributed by atoms with van der Waals surface area (Å²) in [5.41, 5.74) is 3.06. The largest absolute Gasteiger partial charge is 0.388 e. The second kappa shape index (κ2) is 4.14. The van der Waals surface area contributed by atoms with E-state index in [-0.39, 0.29) is 0 Å². The third-order valence-electron chi connectivity index (χ3n) is 2.59. The molecule has 0 unspecified atom stereocenters. The number of pyridine rings is 1. The summed E-state index contributed by atoms with van der Waals surface area (Å²) < 4.78 is 1.13. The average molecular weight is 241 g/mol. The maximum Gasteiger partial charge on any atom is 0.170 e. The molecular formula is C13H11N3S. The van der Waals surface area contributed by atoms with Crippen LogP contribution in [0.1, 0.15) is 0 Å². The third-order valence-corrected chi connectivity index (χ3v) is 3.64. The molecule has 3 aromatic rings. The van der Waals surface area contributed by atoms with Gasteiger partial charge in [0.25, 0.3) is 0 Å². The summed E-state index contributed by atoms with van der Waals surface area (Å²) in [5, 5.41) is 4.12. The number of hydrogen-bond donors (Lipinski definition) is 1. The first-order chi connectivity index (χ1) is 8.36. The normalized spacial score (nSPS) is 10.6. The van der Waals surface area contributed by atoms with Crippen molar-refractivity contribution < 1.29 is 0 Å². The summed E-state index contributed by atoms with van der Waals surface area (Å²) in [4.78, 5) is 8.77. The van der Waals surface area contributed by atoms with Crippen LogP contribution in [0.25, 0.3) is 20.9 Å². The van der Waals surface area contributed by atoms with E-state index < -0.39 is 0 Å². The Morgan fingerprint density at radius 2 is 1.94 bits per heavy atom. The molecule has 17 heavy (non-hydrogen) atoms. The molecule has 0 saturated heterocycles. The van der Waals surface area contributed by atoms with Crippen molar-refractivity contribution in [1.29, 1.82) is 0 Å². The molecule has 0 bridgehead atoms. The van der Waals surface area contributed by atoms with E-state index in [0.717, 1.165) is 26.6 Å². The lowest BCUT2D eigenvalue weighted by Gasteiger charge is -2.00. The number of anilines is 1. The molecule has 0 aliphatic carbocycles. The summed E-state index contributed by atoms with van der Waals surface area (Å²) in [6, 6.07) is 12.2. The number of nitrogens with one attached hydrogen (secondary N) is 1. The van der Waals surface area contributed by atoms with Crippen LogP contribution in [0.4, 0.5) is 5.69 Å². The average Bonchev–Trinajstić information content (AvgIpc) is 2.82. The standard InChI is InChI=1S/C13H11N3S/c1-14-10-6-4-9(5-7-10)13-16-12-11(17-13)3-2-8-15-12/h2-8,14H,1H3. The summed E-state index contributed by atoms with van der Waals surface area (Å²) in [6.07, 6.45) is 1.77. The van der Waals surface area contributed by atoms with Crippen molar-refractivity contribution in [2.45, 2.75) is 0 Å². The Balaban J connectivity index is 2.07. The van der Waals surface area contributed by atoms with Gasteiger partial charge >= 0.3 is 0 Å². The van der Waals surface area contributed by atoms with Gasteiger partial charge in [-0.15, -0.1) is 11.3 Å². The zero-order valence-electron chi connectivity index (χ0n) is 9.34. The lowest BCUT2D eigenvalue weighted by atomic mass is 10.2. The molecule has 84 valence electrons. The van der Waals surface area contributed by atoms with Crippen molar-refractivity contribution in [1.82, 2.24) is 9.97 Å². The predicted molar refractivity (Wildman–Crippen MR) is 72.4 cm³/mol. The first-order valence-electron chi connectivity index (χ1n) is 5.36. The molecule has 3 nitrogen and oxygen atoms in total. The second-order valence-corrected chi connectivity index (χ2v) is 4.70. The summed E-state index contributed by atoms with van der Waals surface area (Å²) in [6.45, 7) is 0. The number of nitrogens with zero attached hydrogens (tertiary/aromatic N) is 2. The monoisotopic (exact) mass is 241 g/mol. The lowest BCUT2D eigenvalue weighted by molar-refractivity contribution is 1.33. The van der Waals surface area contributed by atoms with E-state index in [1.807, 2.05) is 19.2 Å². The summed E-state index contributed by atoms with van der Waals surface area (Å²) >= 11 is 1.67. The smallest absolute Gasteiger partial charge is 0.170 e. The van der Waals surface area contributed by atoms with E-state index in [2.05, 4.69) is 39.6 Å². The predicted octanol–water partition coefficient (Wildman–Crippen LogP) is 3.40. The number of thiazole rings is 1. The molecule has 0 amide bonds. The molecule has 2 aromatic heterocycles. The Morgan fingerprint density at radius 3 is 2.65 bits per heavy atom. The van der Waals surface area contributed by atoms with Gasteiger partial charge in [-0.3, -0.25) is 0 Å². The Bertz CT molecular complexity index is 610. The molecule has 0 radical (unpaired) electrons. The number of rotatable bonds is 2. The number of hydrogen-bond acceptors (Lipinski definition) is 4. The van der Waals surface area contributed by atoms with Gasteiger partial charge in [-0.05, 0) is 36.4 Å². The van der Waals surface area contributed by atoms with Crippen LogP contribution < -0.4 is 5.32 Å². The van der Waals surface area contributed by atoms with Gasteiger partial charge in [-0.2, -0.15) is 0 Å². The highest BCUT2D eigenvalue weighted by atomic mass is 32.1. The number of aromatic nitrogens is 2. The van der Waals surface area contributed by atoms with Gasteiger partial charge in [0.2, 0.25) is 0 Å². The van der Waals surface area contributed by atoms with Crippen LogP contribution in [0.3, 0.4) is 0 Å². The van der Waals surface area contributed by atoms with E-state index in [4.69, 9.17) is 0 Å². The summed E-state index contributed by atoms with van der Waals surface area (Å²) in [7, 11) is 1.91. The Hall–Kier alpha value is -1.94. The van der Waals surface area contributed by atoms with Crippen molar-refractivity contribution in [2.75, 3.05) is 12.4 Å². The fourth-order valence-corrected chi connectivity index (χ4v) is 2.60. The maximum atomic E-state index is 4.53. The lowest BCUT2D eigenvalue weighted by Crippen LogP contribution is -1.86. The molecule has 1 aromatic carbocycles. The zero-order chi connectivity index (χ0) is 11.7.